The van der Waals surface area contributed by atoms with E-state index in [1.165, 1.54) is 17.7 Å². The molecule has 0 unspecified atom stereocenters. The maximum Gasteiger partial charge on any atom is 0.103 e. The highest BCUT2D eigenvalue weighted by molar-refractivity contribution is 7.98. The van der Waals surface area contributed by atoms with E-state index >= 15 is 0 Å². The second-order valence-corrected chi connectivity index (χ2v) is 5.82. The predicted molar refractivity (Wildman–Crippen MR) is 81.7 cm³/mol. The Kier molecular flexibility index (Phi) is 6.55. The first-order valence-corrected chi connectivity index (χ1v) is 7.27. The molecule has 94 valence electrons. The van der Waals surface area contributed by atoms with Gasteiger partial charge in [-0.2, -0.15) is 11.8 Å². The second-order valence-electron chi connectivity index (χ2n) is 4.27. The van der Waals surface area contributed by atoms with Crippen molar-refractivity contribution in [1.82, 2.24) is 4.90 Å². The third-order valence-corrected chi connectivity index (χ3v) is 3.75. The topological polar surface area (TPSA) is 29.3 Å². The van der Waals surface area contributed by atoms with Crippen molar-refractivity contribution in [2.75, 3.05) is 26.4 Å². The van der Waals surface area contributed by atoms with Gasteiger partial charge in [0.1, 0.15) is 4.99 Å². The smallest absolute Gasteiger partial charge is 0.103 e. The predicted octanol–water partition coefficient (Wildman–Crippen LogP) is 2.51. The van der Waals surface area contributed by atoms with E-state index in [0.717, 1.165) is 17.9 Å². The summed E-state index contributed by atoms with van der Waals surface area (Å²) in [5.41, 5.74) is 7.83. The maximum absolute atomic E-state index is 5.55. The summed E-state index contributed by atoms with van der Waals surface area (Å²) >= 11 is 6.89. The fraction of sp³-hybridized carbons (Fsp3) is 0.462. The van der Waals surface area contributed by atoms with Gasteiger partial charge < -0.3 is 10.6 Å². The zero-order chi connectivity index (χ0) is 12.7. The molecule has 0 heterocycles. The molecule has 0 atom stereocenters. The van der Waals surface area contributed by atoms with Crippen molar-refractivity contribution in [2.45, 2.75) is 12.2 Å². The lowest BCUT2D eigenvalue weighted by atomic mass is 10.1. The van der Waals surface area contributed by atoms with Gasteiger partial charge in [-0.15, -0.1) is 0 Å². The van der Waals surface area contributed by atoms with Crippen molar-refractivity contribution in [3.05, 3.63) is 35.4 Å². The lowest BCUT2D eigenvalue weighted by molar-refractivity contribution is 0.410. The van der Waals surface area contributed by atoms with E-state index in [2.05, 4.69) is 31.1 Å². The Morgan fingerprint density at radius 2 is 1.94 bits per heavy atom. The summed E-state index contributed by atoms with van der Waals surface area (Å²) in [5, 5.41) is 0. The van der Waals surface area contributed by atoms with Crippen molar-refractivity contribution in [3.63, 3.8) is 0 Å². The molecule has 0 saturated heterocycles. The third kappa shape index (κ3) is 6.05. The largest absolute Gasteiger partial charge is 0.389 e. The zero-order valence-corrected chi connectivity index (χ0v) is 12.1. The van der Waals surface area contributed by atoms with E-state index < -0.39 is 0 Å². The summed E-state index contributed by atoms with van der Waals surface area (Å²) in [5.74, 6) is 2.26. The van der Waals surface area contributed by atoms with Gasteiger partial charge in [-0.05, 0) is 38.4 Å². The van der Waals surface area contributed by atoms with E-state index in [9.17, 15) is 0 Å². The molecule has 1 rings (SSSR count). The molecule has 17 heavy (non-hydrogen) atoms. The molecule has 0 aliphatic rings. The molecule has 4 heteroatoms. The molecule has 0 spiro atoms. The van der Waals surface area contributed by atoms with Crippen molar-refractivity contribution in [2.24, 2.45) is 5.73 Å². The fourth-order valence-electron chi connectivity index (χ4n) is 1.44. The molecular formula is C13H20N2S2. The minimum Gasteiger partial charge on any atom is -0.389 e. The number of benzene rings is 1. The van der Waals surface area contributed by atoms with Gasteiger partial charge in [0.2, 0.25) is 0 Å². The van der Waals surface area contributed by atoms with Crippen LogP contribution in [0.1, 0.15) is 17.5 Å². The lowest BCUT2D eigenvalue weighted by Gasteiger charge is -2.08. The Morgan fingerprint density at radius 3 is 2.47 bits per heavy atom. The molecule has 0 bridgehead atoms. The molecule has 0 radical (unpaired) electrons. The van der Waals surface area contributed by atoms with Crippen LogP contribution in [0.15, 0.2) is 24.3 Å². The summed E-state index contributed by atoms with van der Waals surface area (Å²) in [6.45, 7) is 1.16. The Labute approximate surface area is 114 Å². The minimum absolute atomic E-state index is 0.468. The van der Waals surface area contributed by atoms with Crippen molar-refractivity contribution in [3.8, 4) is 0 Å². The minimum atomic E-state index is 0.468. The van der Waals surface area contributed by atoms with Gasteiger partial charge in [0.25, 0.3) is 0 Å². The van der Waals surface area contributed by atoms with Crippen LogP contribution >= 0.6 is 24.0 Å². The molecule has 0 aromatic heterocycles. The first-order chi connectivity index (χ1) is 8.09. The van der Waals surface area contributed by atoms with Crippen molar-refractivity contribution in [1.29, 1.82) is 0 Å². The van der Waals surface area contributed by atoms with Crippen LogP contribution in [0.25, 0.3) is 0 Å². The fourth-order valence-corrected chi connectivity index (χ4v) is 2.48. The Bertz CT molecular complexity index is 347. The van der Waals surface area contributed by atoms with Gasteiger partial charge in [-0.1, -0.05) is 36.5 Å². The molecular weight excluding hydrogens is 248 g/mol. The van der Waals surface area contributed by atoms with Crippen LogP contribution in [-0.2, 0) is 5.75 Å². The summed E-state index contributed by atoms with van der Waals surface area (Å²) in [7, 11) is 4.22. The van der Waals surface area contributed by atoms with E-state index in [4.69, 9.17) is 18.0 Å². The Balaban J connectivity index is 2.25. The molecule has 0 aliphatic carbocycles. The molecule has 1 aromatic rings. The average molecular weight is 268 g/mol. The van der Waals surface area contributed by atoms with E-state index in [1.54, 1.807) is 0 Å². The highest BCUT2D eigenvalue weighted by Gasteiger charge is 1.98. The first kappa shape index (κ1) is 14.5. The monoisotopic (exact) mass is 268 g/mol. The normalized spacial score (nSPS) is 10.8. The van der Waals surface area contributed by atoms with Crippen LogP contribution < -0.4 is 5.73 Å². The average Bonchev–Trinajstić information content (AvgIpc) is 2.29. The molecule has 2 N–H and O–H groups in total. The highest BCUT2D eigenvalue weighted by atomic mass is 32.2. The number of rotatable bonds is 7. The molecule has 0 fully saturated rings. The number of nitrogens with two attached hydrogens (primary N) is 1. The van der Waals surface area contributed by atoms with Crippen LogP contribution in [0.5, 0.6) is 0 Å². The number of thiocarbonyl (C=S) groups is 1. The van der Waals surface area contributed by atoms with Gasteiger partial charge in [-0.3, -0.25) is 0 Å². The van der Waals surface area contributed by atoms with E-state index in [-0.39, 0.29) is 0 Å². The molecule has 0 aliphatic heterocycles. The first-order valence-electron chi connectivity index (χ1n) is 5.71. The Morgan fingerprint density at radius 1 is 1.29 bits per heavy atom. The molecule has 0 saturated carbocycles. The van der Waals surface area contributed by atoms with Crippen molar-refractivity contribution >= 4 is 29.0 Å². The Hall–Kier alpha value is -0.580. The van der Waals surface area contributed by atoms with Crippen LogP contribution in [-0.4, -0.2) is 36.3 Å². The number of nitrogens with zero attached hydrogens (tertiary/aromatic N) is 1. The number of hydrogen-bond acceptors (Lipinski definition) is 3. The standard InChI is InChI=1S/C13H20N2S2/c1-15(2)8-3-9-17-10-11-4-6-12(7-5-11)13(14)16/h4-7H,3,8-10H2,1-2H3,(H2,14,16). The highest BCUT2D eigenvalue weighted by Crippen LogP contribution is 2.14. The number of hydrogen-bond donors (Lipinski definition) is 1. The quantitative estimate of drug-likeness (QED) is 0.608. The van der Waals surface area contributed by atoms with E-state index in [0.29, 0.717) is 4.99 Å². The summed E-state index contributed by atoms with van der Waals surface area (Å²) < 4.78 is 0. The molecule has 2 nitrogen and oxygen atoms in total. The van der Waals surface area contributed by atoms with Gasteiger partial charge in [0.15, 0.2) is 0 Å². The molecule has 1 aromatic carbocycles. The van der Waals surface area contributed by atoms with Gasteiger partial charge in [0.05, 0.1) is 0 Å². The SMILES string of the molecule is CN(C)CCCSCc1ccc(C(N)=S)cc1. The van der Waals surface area contributed by atoms with Crippen LogP contribution in [0.2, 0.25) is 0 Å². The second kappa shape index (κ2) is 7.69. The zero-order valence-electron chi connectivity index (χ0n) is 10.5. The lowest BCUT2D eigenvalue weighted by Crippen LogP contribution is -2.13. The van der Waals surface area contributed by atoms with Crippen LogP contribution in [0, 0.1) is 0 Å². The van der Waals surface area contributed by atoms with Gasteiger partial charge in [0, 0.05) is 11.3 Å². The van der Waals surface area contributed by atoms with Crippen LogP contribution in [0.3, 0.4) is 0 Å². The van der Waals surface area contributed by atoms with Crippen LogP contribution in [0.4, 0.5) is 0 Å². The van der Waals surface area contributed by atoms with Gasteiger partial charge >= 0.3 is 0 Å². The third-order valence-electron chi connectivity index (χ3n) is 2.40. The number of thioether (sulfide) groups is 1. The summed E-state index contributed by atoms with van der Waals surface area (Å²) in [4.78, 5) is 2.69. The van der Waals surface area contributed by atoms with E-state index in [1.807, 2.05) is 23.9 Å². The maximum atomic E-state index is 5.55. The summed E-state index contributed by atoms with van der Waals surface area (Å²) in [6, 6.07) is 8.21. The summed E-state index contributed by atoms with van der Waals surface area (Å²) in [6.07, 6.45) is 1.24. The molecule has 0 amide bonds. The van der Waals surface area contributed by atoms with Gasteiger partial charge in [-0.25, -0.2) is 0 Å². The van der Waals surface area contributed by atoms with Crippen molar-refractivity contribution < 1.29 is 0 Å².